The third-order valence-electron chi connectivity index (χ3n) is 3.96. The molecule has 0 aromatic heterocycles. The molecule has 0 aromatic carbocycles. The van der Waals surface area contributed by atoms with Gasteiger partial charge in [-0.25, -0.2) is 0 Å². The maximum Gasteiger partial charge on any atom is 0.225 e. The highest BCUT2D eigenvalue weighted by Gasteiger charge is 2.53. The second-order valence-electron chi connectivity index (χ2n) is 5.12. The predicted octanol–water partition coefficient (Wildman–Crippen LogP) is 0.102. The van der Waals surface area contributed by atoms with E-state index in [1.165, 1.54) is 0 Å². The largest absolute Gasteiger partial charge is 0.340 e. The lowest BCUT2D eigenvalue weighted by Gasteiger charge is -2.46. The molecule has 3 aliphatic rings. The lowest BCUT2D eigenvalue weighted by molar-refractivity contribution is -0.146. The molecule has 0 bridgehead atoms. The molecule has 3 heterocycles. The van der Waals surface area contributed by atoms with Crippen LogP contribution >= 0.6 is 0 Å². The SMILES string of the molecule is O=C1CCCN(C2(N3C=CCC3)[N]CCC2=O)C1. The molecular formula is C13H18N3O2. The van der Waals surface area contributed by atoms with Crippen molar-refractivity contribution in [3.05, 3.63) is 12.3 Å². The van der Waals surface area contributed by atoms with Crippen LogP contribution in [0.15, 0.2) is 12.3 Å². The molecule has 0 spiro atoms. The van der Waals surface area contributed by atoms with Gasteiger partial charge in [0.1, 0.15) is 5.78 Å². The highest BCUT2D eigenvalue weighted by atomic mass is 16.1. The van der Waals surface area contributed by atoms with E-state index in [-0.39, 0.29) is 11.6 Å². The Bertz CT molecular complexity index is 407. The quantitative estimate of drug-likeness (QED) is 0.695. The Kier molecular flexibility index (Phi) is 2.95. The number of hydrogen-bond donors (Lipinski definition) is 0. The van der Waals surface area contributed by atoms with E-state index in [0.717, 1.165) is 25.9 Å². The number of hydrogen-bond acceptors (Lipinski definition) is 4. The fourth-order valence-electron chi connectivity index (χ4n) is 3.13. The van der Waals surface area contributed by atoms with Crippen LogP contribution in [0.3, 0.4) is 0 Å². The number of rotatable bonds is 2. The van der Waals surface area contributed by atoms with Crippen molar-refractivity contribution in [2.24, 2.45) is 0 Å². The van der Waals surface area contributed by atoms with Gasteiger partial charge in [0.05, 0.1) is 6.54 Å². The summed E-state index contributed by atoms with van der Waals surface area (Å²) in [5.41, 5.74) is 0. The first-order valence-corrected chi connectivity index (χ1v) is 6.65. The zero-order valence-electron chi connectivity index (χ0n) is 10.5. The van der Waals surface area contributed by atoms with Crippen LogP contribution in [0, 0.1) is 0 Å². The summed E-state index contributed by atoms with van der Waals surface area (Å²) in [6, 6.07) is 0. The number of piperidine rings is 1. The van der Waals surface area contributed by atoms with Crippen LogP contribution in [0.1, 0.15) is 25.7 Å². The van der Waals surface area contributed by atoms with E-state index in [9.17, 15) is 9.59 Å². The number of nitrogens with zero attached hydrogens (tertiary/aromatic N) is 3. The molecule has 5 heteroatoms. The van der Waals surface area contributed by atoms with Gasteiger partial charge in [0.25, 0.3) is 0 Å². The molecular weight excluding hydrogens is 230 g/mol. The van der Waals surface area contributed by atoms with Crippen molar-refractivity contribution < 1.29 is 9.59 Å². The Morgan fingerprint density at radius 2 is 2.11 bits per heavy atom. The van der Waals surface area contributed by atoms with Crippen molar-refractivity contribution in [3.8, 4) is 0 Å². The fraction of sp³-hybridized carbons (Fsp3) is 0.692. The van der Waals surface area contributed by atoms with Gasteiger partial charge in [-0.15, -0.1) is 0 Å². The first-order valence-electron chi connectivity index (χ1n) is 6.65. The maximum atomic E-state index is 12.4. The molecule has 2 saturated heterocycles. The Morgan fingerprint density at radius 1 is 1.22 bits per heavy atom. The van der Waals surface area contributed by atoms with Gasteiger partial charge in [0, 0.05) is 32.5 Å². The second-order valence-corrected chi connectivity index (χ2v) is 5.12. The molecule has 0 N–H and O–H groups in total. The van der Waals surface area contributed by atoms with E-state index < -0.39 is 5.79 Å². The van der Waals surface area contributed by atoms with Crippen molar-refractivity contribution in [2.75, 3.05) is 26.2 Å². The Hall–Kier alpha value is -1.20. The molecule has 97 valence electrons. The van der Waals surface area contributed by atoms with Crippen molar-refractivity contribution in [1.29, 1.82) is 0 Å². The van der Waals surface area contributed by atoms with Gasteiger partial charge in [-0.05, 0) is 19.0 Å². The van der Waals surface area contributed by atoms with Crippen LogP contribution in [0.4, 0.5) is 0 Å². The summed E-state index contributed by atoms with van der Waals surface area (Å²) in [7, 11) is 0. The normalized spacial score (nSPS) is 33.7. The molecule has 1 atom stereocenters. The summed E-state index contributed by atoms with van der Waals surface area (Å²) < 4.78 is 0. The van der Waals surface area contributed by atoms with Gasteiger partial charge in [0.2, 0.25) is 5.79 Å². The number of likely N-dealkylation sites (tertiary alicyclic amines) is 1. The maximum absolute atomic E-state index is 12.4. The minimum Gasteiger partial charge on any atom is -0.340 e. The highest BCUT2D eigenvalue weighted by molar-refractivity contribution is 5.91. The third kappa shape index (κ3) is 1.69. The first kappa shape index (κ1) is 11.9. The summed E-state index contributed by atoms with van der Waals surface area (Å²) in [5, 5.41) is 4.59. The topological polar surface area (TPSA) is 54.7 Å². The van der Waals surface area contributed by atoms with Crippen LogP contribution in [-0.4, -0.2) is 53.3 Å². The molecule has 1 unspecified atom stereocenters. The summed E-state index contributed by atoms with van der Waals surface area (Å²) in [5.74, 6) is -0.509. The van der Waals surface area contributed by atoms with E-state index in [2.05, 4.69) is 11.4 Å². The number of Topliss-reactive ketones (excluding diaryl/α,β-unsaturated/α-hetero) is 2. The average molecular weight is 248 g/mol. The average Bonchev–Trinajstić information content (AvgIpc) is 2.98. The fourth-order valence-corrected chi connectivity index (χ4v) is 3.13. The Balaban J connectivity index is 1.91. The summed E-state index contributed by atoms with van der Waals surface area (Å²) in [4.78, 5) is 28.0. The van der Waals surface area contributed by atoms with Gasteiger partial charge in [0.15, 0.2) is 5.78 Å². The molecule has 0 saturated carbocycles. The smallest absolute Gasteiger partial charge is 0.225 e. The van der Waals surface area contributed by atoms with E-state index >= 15 is 0 Å². The first-order chi connectivity index (χ1) is 8.73. The van der Waals surface area contributed by atoms with Crippen molar-refractivity contribution in [2.45, 2.75) is 31.5 Å². The monoisotopic (exact) mass is 248 g/mol. The molecule has 3 aliphatic heterocycles. The van der Waals surface area contributed by atoms with Crippen LogP contribution in [0.2, 0.25) is 0 Å². The molecule has 1 radical (unpaired) electrons. The van der Waals surface area contributed by atoms with Crippen LogP contribution < -0.4 is 5.32 Å². The molecule has 0 aliphatic carbocycles. The summed E-state index contributed by atoms with van der Waals surface area (Å²) in [6.45, 7) is 2.54. The lowest BCUT2D eigenvalue weighted by Crippen LogP contribution is -2.67. The number of ketones is 2. The number of carbonyl (C=O) groups is 2. The molecule has 2 fully saturated rings. The van der Waals surface area contributed by atoms with Gasteiger partial charge in [-0.2, -0.15) is 5.32 Å². The number of carbonyl (C=O) groups excluding carboxylic acids is 2. The van der Waals surface area contributed by atoms with E-state index in [0.29, 0.717) is 25.9 Å². The van der Waals surface area contributed by atoms with Crippen molar-refractivity contribution in [1.82, 2.24) is 15.1 Å². The van der Waals surface area contributed by atoms with Gasteiger partial charge in [-0.1, -0.05) is 6.08 Å². The summed E-state index contributed by atoms with van der Waals surface area (Å²) in [6.07, 6.45) is 6.94. The Morgan fingerprint density at radius 3 is 2.72 bits per heavy atom. The highest BCUT2D eigenvalue weighted by Crippen LogP contribution is 2.31. The standard InChI is InChI=1S/C13H18N3O2/c17-11-4-3-9-16(10-11)13(12(18)5-6-14-13)15-7-1-2-8-15/h1,7H,2-6,8-10H2. The van der Waals surface area contributed by atoms with Gasteiger partial charge < -0.3 is 4.90 Å². The lowest BCUT2D eigenvalue weighted by atomic mass is 10.0. The van der Waals surface area contributed by atoms with Crippen molar-refractivity contribution in [3.63, 3.8) is 0 Å². The molecule has 18 heavy (non-hydrogen) atoms. The van der Waals surface area contributed by atoms with E-state index in [1.54, 1.807) is 0 Å². The molecule has 5 nitrogen and oxygen atoms in total. The van der Waals surface area contributed by atoms with Crippen LogP contribution in [0.25, 0.3) is 0 Å². The van der Waals surface area contributed by atoms with Crippen molar-refractivity contribution >= 4 is 11.6 Å². The van der Waals surface area contributed by atoms with Gasteiger partial charge in [-0.3, -0.25) is 14.5 Å². The molecule has 0 aromatic rings. The van der Waals surface area contributed by atoms with Crippen LogP contribution in [-0.2, 0) is 9.59 Å². The minimum atomic E-state index is -0.872. The summed E-state index contributed by atoms with van der Waals surface area (Å²) >= 11 is 0. The van der Waals surface area contributed by atoms with E-state index in [1.807, 2.05) is 16.0 Å². The third-order valence-corrected chi connectivity index (χ3v) is 3.96. The predicted molar refractivity (Wildman–Crippen MR) is 65.6 cm³/mol. The van der Waals surface area contributed by atoms with Gasteiger partial charge >= 0.3 is 0 Å². The molecule has 3 rings (SSSR count). The second kappa shape index (κ2) is 4.48. The zero-order valence-corrected chi connectivity index (χ0v) is 10.5. The Labute approximate surface area is 107 Å². The van der Waals surface area contributed by atoms with Crippen LogP contribution in [0.5, 0.6) is 0 Å². The zero-order chi connectivity index (χ0) is 12.6. The van der Waals surface area contributed by atoms with E-state index in [4.69, 9.17) is 0 Å². The minimum absolute atomic E-state index is 0.142. The molecule has 0 amide bonds.